The number of carbonyl (C=O) groups excluding carboxylic acids is 3. The fourth-order valence-corrected chi connectivity index (χ4v) is 2.99. The van der Waals surface area contributed by atoms with Crippen molar-refractivity contribution in [3.8, 4) is 0 Å². The van der Waals surface area contributed by atoms with Gasteiger partial charge in [-0.25, -0.2) is 9.59 Å². The predicted molar refractivity (Wildman–Crippen MR) is 121 cm³/mol. The number of ether oxygens (including phenoxy) is 2. The van der Waals surface area contributed by atoms with Crippen molar-refractivity contribution in [1.29, 1.82) is 0 Å². The van der Waals surface area contributed by atoms with Gasteiger partial charge in [-0.1, -0.05) is 67.2 Å². The summed E-state index contributed by atoms with van der Waals surface area (Å²) in [7, 11) is 0. The van der Waals surface area contributed by atoms with Crippen molar-refractivity contribution in [3.63, 3.8) is 0 Å². The number of benzene rings is 3. The SMILES string of the molecule is C=CC(=O)OCCNc1cccc(C(OC(=O)c2ccccc2)C(=O)c2ccccc2)c1. The summed E-state index contributed by atoms with van der Waals surface area (Å²) in [5, 5.41) is 3.12. The van der Waals surface area contributed by atoms with Crippen molar-refractivity contribution in [3.05, 3.63) is 114 Å². The predicted octanol–water partition coefficient (Wildman–Crippen LogP) is 4.61. The Hall–Kier alpha value is -4.19. The van der Waals surface area contributed by atoms with Gasteiger partial charge in [-0.3, -0.25) is 4.79 Å². The zero-order valence-electron chi connectivity index (χ0n) is 17.4. The summed E-state index contributed by atoms with van der Waals surface area (Å²) in [5.74, 6) is -1.41. The number of esters is 2. The van der Waals surface area contributed by atoms with Crippen LogP contribution in [0.15, 0.2) is 97.6 Å². The molecule has 0 aliphatic carbocycles. The van der Waals surface area contributed by atoms with Gasteiger partial charge in [0.2, 0.25) is 5.78 Å². The molecule has 0 amide bonds. The third-order valence-corrected chi connectivity index (χ3v) is 4.56. The standard InChI is InChI=1S/C26H23NO5/c1-2-23(28)31-17-16-27-22-15-9-14-21(18-22)25(24(29)19-10-5-3-6-11-19)32-26(30)20-12-7-4-8-13-20/h2-15,18,25,27H,1,16-17H2. The van der Waals surface area contributed by atoms with Crippen molar-refractivity contribution in [2.75, 3.05) is 18.5 Å². The van der Waals surface area contributed by atoms with Gasteiger partial charge in [-0.15, -0.1) is 0 Å². The summed E-state index contributed by atoms with van der Waals surface area (Å²) in [6.07, 6.45) is -0.0212. The first-order valence-electron chi connectivity index (χ1n) is 10.1. The monoisotopic (exact) mass is 429 g/mol. The van der Waals surface area contributed by atoms with Crippen LogP contribution in [-0.4, -0.2) is 30.9 Å². The minimum Gasteiger partial charge on any atom is -0.461 e. The van der Waals surface area contributed by atoms with Crippen molar-refractivity contribution in [2.24, 2.45) is 0 Å². The Balaban J connectivity index is 1.81. The molecule has 1 unspecified atom stereocenters. The van der Waals surface area contributed by atoms with Gasteiger partial charge in [-0.2, -0.15) is 0 Å². The molecule has 0 aliphatic rings. The lowest BCUT2D eigenvalue weighted by atomic mass is 9.99. The fourth-order valence-electron chi connectivity index (χ4n) is 2.99. The van der Waals surface area contributed by atoms with Gasteiger partial charge in [0.1, 0.15) is 6.61 Å². The van der Waals surface area contributed by atoms with E-state index >= 15 is 0 Å². The zero-order chi connectivity index (χ0) is 22.8. The van der Waals surface area contributed by atoms with E-state index in [-0.39, 0.29) is 12.4 Å². The number of ketones is 1. The van der Waals surface area contributed by atoms with Crippen LogP contribution in [0.25, 0.3) is 0 Å². The van der Waals surface area contributed by atoms with E-state index in [1.807, 2.05) is 12.1 Å². The molecular weight excluding hydrogens is 406 g/mol. The zero-order valence-corrected chi connectivity index (χ0v) is 17.4. The van der Waals surface area contributed by atoms with Crippen LogP contribution in [0.2, 0.25) is 0 Å². The van der Waals surface area contributed by atoms with Crippen LogP contribution in [0, 0.1) is 0 Å². The average Bonchev–Trinajstić information content (AvgIpc) is 2.85. The van der Waals surface area contributed by atoms with E-state index in [4.69, 9.17) is 9.47 Å². The number of hydrogen-bond acceptors (Lipinski definition) is 6. The van der Waals surface area contributed by atoms with Crippen LogP contribution < -0.4 is 5.32 Å². The third kappa shape index (κ3) is 6.15. The first kappa shape index (κ1) is 22.5. The molecule has 1 N–H and O–H groups in total. The van der Waals surface area contributed by atoms with E-state index in [0.29, 0.717) is 28.9 Å². The molecule has 0 saturated heterocycles. The minimum atomic E-state index is -1.12. The van der Waals surface area contributed by atoms with Gasteiger partial charge >= 0.3 is 11.9 Å². The second kappa shape index (κ2) is 11.3. The molecule has 32 heavy (non-hydrogen) atoms. The molecular formula is C26H23NO5. The maximum absolute atomic E-state index is 13.2. The van der Waals surface area contributed by atoms with Crippen LogP contribution in [-0.2, 0) is 14.3 Å². The highest BCUT2D eigenvalue weighted by atomic mass is 16.5. The van der Waals surface area contributed by atoms with Crippen molar-refractivity contribution in [2.45, 2.75) is 6.10 Å². The van der Waals surface area contributed by atoms with Crippen molar-refractivity contribution < 1.29 is 23.9 Å². The summed E-state index contributed by atoms with van der Waals surface area (Å²) >= 11 is 0. The molecule has 0 saturated carbocycles. The van der Waals surface area contributed by atoms with Gasteiger partial charge in [0, 0.05) is 29.4 Å². The van der Waals surface area contributed by atoms with Crippen LogP contribution >= 0.6 is 0 Å². The Morgan fingerprint density at radius 2 is 1.53 bits per heavy atom. The largest absolute Gasteiger partial charge is 0.461 e. The lowest BCUT2D eigenvalue weighted by Gasteiger charge is -2.19. The Bertz CT molecular complexity index is 1080. The number of carbonyl (C=O) groups is 3. The minimum absolute atomic E-state index is 0.157. The van der Waals surface area contributed by atoms with Crippen molar-refractivity contribution >= 4 is 23.4 Å². The number of Topliss-reactive ketones (excluding diaryl/α,β-unsaturated/α-hetero) is 1. The highest BCUT2D eigenvalue weighted by Gasteiger charge is 2.27. The van der Waals surface area contributed by atoms with Crippen LogP contribution in [0.4, 0.5) is 5.69 Å². The maximum Gasteiger partial charge on any atom is 0.339 e. The molecule has 0 spiro atoms. The highest BCUT2D eigenvalue weighted by Crippen LogP contribution is 2.26. The normalized spacial score (nSPS) is 11.1. The molecule has 3 aromatic carbocycles. The molecule has 0 heterocycles. The lowest BCUT2D eigenvalue weighted by molar-refractivity contribution is -0.137. The second-order valence-electron chi connectivity index (χ2n) is 6.81. The second-order valence-corrected chi connectivity index (χ2v) is 6.81. The van der Waals surface area contributed by atoms with Crippen LogP contribution in [0.5, 0.6) is 0 Å². The molecule has 0 bridgehead atoms. The topological polar surface area (TPSA) is 81.7 Å². The highest BCUT2D eigenvalue weighted by molar-refractivity contribution is 6.02. The van der Waals surface area contributed by atoms with Crippen LogP contribution in [0.3, 0.4) is 0 Å². The summed E-state index contributed by atoms with van der Waals surface area (Å²) in [6, 6.07) is 24.2. The molecule has 0 aliphatic heterocycles. The molecule has 1 atom stereocenters. The Labute approximate surface area is 186 Å². The molecule has 6 nitrogen and oxygen atoms in total. The molecule has 3 rings (SSSR count). The molecule has 0 fully saturated rings. The average molecular weight is 429 g/mol. The van der Waals surface area contributed by atoms with Crippen molar-refractivity contribution in [1.82, 2.24) is 0 Å². The molecule has 6 heteroatoms. The first-order valence-corrected chi connectivity index (χ1v) is 10.1. The fraction of sp³-hybridized carbons (Fsp3) is 0.115. The van der Waals surface area contributed by atoms with Gasteiger partial charge in [0.15, 0.2) is 6.10 Å². The van der Waals surface area contributed by atoms with Gasteiger partial charge in [0.05, 0.1) is 5.56 Å². The number of hydrogen-bond donors (Lipinski definition) is 1. The molecule has 3 aromatic rings. The summed E-state index contributed by atoms with van der Waals surface area (Å²) in [5.41, 5.74) is 2.01. The van der Waals surface area contributed by atoms with Gasteiger partial charge in [-0.05, 0) is 24.3 Å². The van der Waals surface area contributed by atoms with E-state index in [0.717, 1.165) is 6.08 Å². The Morgan fingerprint density at radius 3 is 2.19 bits per heavy atom. The van der Waals surface area contributed by atoms with Gasteiger partial charge in [0.25, 0.3) is 0 Å². The molecule has 162 valence electrons. The Morgan fingerprint density at radius 1 is 0.875 bits per heavy atom. The third-order valence-electron chi connectivity index (χ3n) is 4.56. The van der Waals surface area contributed by atoms with Gasteiger partial charge < -0.3 is 14.8 Å². The number of anilines is 1. The molecule has 0 aromatic heterocycles. The number of rotatable bonds is 10. The quantitative estimate of drug-likeness (QED) is 0.219. The first-order chi connectivity index (χ1) is 15.6. The Kier molecular flexibility index (Phi) is 7.92. The lowest BCUT2D eigenvalue weighted by Crippen LogP contribution is -2.20. The molecule has 0 radical (unpaired) electrons. The van der Waals surface area contributed by atoms with E-state index in [2.05, 4.69) is 11.9 Å². The van der Waals surface area contributed by atoms with E-state index in [9.17, 15) is 14.4 Å². The summed E-state index contributed by atoms with van der Waals surface area (Å²) in [4.78, 5) is 37.1. The van der Waals surface area contributed by atoms with E-state index in [1.165, 1.54) is 0 Å². The maximum atomic E-state index is 13.2. The smallest absolute Gasteiger partial charge is 0.339 e. The van der Waals surface area contributed by atoms with Crippen LogP contribution in [0.1, 0.15) is 32.4 Å². The van der Waals surface area contributed by atoms with E-state index in [1.54, 1.807) is 72.8 Å². The summed E-state index contributed by atoms with van der Waals surface area (Å²) < 4.78 is 10.6. The van der Waals surface area contributed by atoms with E-state index < -0.39 is 18.0 Å². The number of nitrogens with one attached hydrogen (secondary N) is 1. The summed E-state index contributed by atoms with van der Waals surface area (Å²) in [6.45, 7) is 3.87.